The molecule has 0 N–H and O–H groups in total. The molecule has 0 amide bonds. The van der Waals surface area contributed by atoms with Crippen LogP contribution in [0.4, 0.5) is 0 Å². The topological polar surface area (TPSA) is 17.8 Å². The highest BCUT2D eigenvalue weighted by Gasteiger charge is 2.18. The molecule has 0 bridgehead atoms. The van der Waals surface area contributed by atoms with Crippen molar-refractivity contribution in [1.82, 2.24) is 9.55 Å². The summed E-state index contributed by atoms with van der Waals surface area (Å²) in [4.78, 5) is 4.53. The van der Waals surface area contributed by atoms with E-state index in [-0.39, 0.29) is 0 Å². The molecule has 0 atom stereocenters. The Labute approximate surface area is 308 Å². The summed E-state index contributed by atoms with van der Waals surface area (Å²) in [6.45, 7) is 0. The molecule has 2 aromatic heterocycles. The monoisotopic (exact) mass is 674 g/mol. The molecule has 0 unspecified atom stereocenters. The third kappa shape index (κ3) is 5.49. The van der Waals surface area contributed by atoms with Crippen molar-refractivity contribution in [1.29, 1.82) is 0 Å². The lowest BCUT2D eigenvalue weighted by Gasteiger charge is -2.19. The van der Waals surface area contributed by atoms with Gasteiger partial charge in [-0.3, -0.25) is 4.98 Å². The summed E-state index contributed by atoms with van der Waals surface area (Å²) >= 11 is 0. The molecule has 0 aliphatic heterocycles. The van der Waals surface area contributed by atoms with Crippen LogP contribution < -0.4 is 0 Å². The second-order valence-electron chi connectivity index (χ2n) is 13.6. The maximum absolute atomic E-state index is 4.53. The van der Waals surface area contributed by atoms with Crippen LogP contribution in [0, 0.1) is 0 Å². The summed E-state index contributed by atoms with van der Waals surface area (Å²) in [5.74, 6) is 0. The van der Waals surface area contributed by atoms with Crippen LogP contribution in [0.25, 0.3) is 93.9 Å². The van der Waals surface area contributed by atoms with Crippen LogP contribution in [-0.2, 0) is 0 Å². The Morgan fingerprint density at radius 2 is 0.811 bits per heavy atom. The second kappa shape index (κ2) is 12.9. The maximum Gasteiger partial charge on any atom is 0.0884 e. The summed E-state index contributed by atoms with van der Waals surface area (Å²) in [5.41, 5.74) is 15.3. The minimum absolute atomic E-state index is 0.993. The van der Waals surface area contributed by atoms with Gasteiger partial charge in [-0.15, -0.1) is 0 Å². The first-order valence-corrected chi connectivity index (χ1v) is 18.1. The summed E-state index contributed by atoms with van der Waals surface area (Å²) < 4.78 is 2.20. The van der Waals surface area contributed by atoms with Gasteiger partial charge in [-0.2, -0.15) is 0 Å². The second-order valence-corrected chi connectivity index (χ2v) is 13.6. The Morgan fingerprint density at radius 1 is 0.321 bits per heavy atom. The molecule has 0 aliphatic rings. The van der Waals surface area contributed by atoms with E-state index < -0.39 is 0 Å². The van der Waals surface area contributed by atoms with Gasteiger partial charge < -0.3 is 4.57 Å². The Kier molecular flexibility index (Phi) is 7.51. The Hall–Kier alpha value is -7.03. The van der Waals surface area contributed by atoms with Gasteiger partial charge in [0.1, 0.15) is 0 Å². The van der Waals surface area contributed by atoms with Crippen LogP contribution in [0.3, 0.4) is 0 Å². The highest BCUT2D eigenvalue weighted by atomic mass is 15.0. The van der Waals surface area contributed by atoms with Gasteiger partial charge in [-0.1, -0.05) is 146 Å². The van der Waals surface area contributed by atoms with E-state index >= 15 is 0 Å². The minimum Gasteiger partial charge on any atom is -0.315 e. The normalized spacial score (nSPS) is 11.4. The molecule has 248 valence electrons. The first-order chi connectivity index (χ1) is 26.3. The molecule has 0 saturated carbocycles. The molecular formula is C51H34N2. The van der Waals surface area contributed by atoms with Crippen molar-refractivity contribution in [3.8, 4) is 61.3 Å². The van der Waals surface area contributed by atoms with E-state index in [1.165, 1.54) is 77.2 Å². The lowest BCUT2D eigenvalue weighted by Crippen LogP contribution is -1.93. The van der Waals surface area contributed by atoms with Crippen LogP contribution in [0.1, 0.15) is 0 Å². The van der Waals surface area contributed by atoms with Gasteiger partial charge in [-0.05, 0) is 126 Å². The van der Waals surface area contributed by atoms with Crippen LogP contribution in [-0.4, -0.2) is 9.55 Å². The highest BCUT2D eigenvalue weighted by Crippen LogP contribution is 2.46. The lowest BCUT2D eigenvalue weighted by molar-refractivity contribution is 1.13. The molecule has 2 nitrogen and oxygen atoms in total. The third-order valence-electron chi connectivity index (χ3n) is 10.5. The molecule has 8 aromatic carbocycles. The molecule has 0 radical (unpaired) electrons. The quantitative estimate of drug-likeness (QED) is 0.161. The summed E-state index contributed by atoms with van der Waals surface area (Å²) in [7, 11) is 0. The fourth-order valence-corrected chi connectivity index (χ4v) is 7.96. The molecule has 10 aromatic rings. The van der Waals surface area contributed by atoms with E-state index in [1.54, 1.807) is 0 Å². The van der Waals surface area contributed by atoms with Gasteiger partial charge in [0.15, 0.2) is 0 Å². The maximum atomic E-state index is 4.53. The van der Waals surface area contributed by atoms with E-state index in [4.69, 9.17) is 0 Å². The van der Waals surface area contributed by atoms with Crippen molar-refractivity contribution in [2.75, 3.05) is 0 Å². The largest absolute Gasteiger partial charge is 0.315 e. The van der Waals surface area contributed by atoms with E-state index in [0.29, 0.717) is 0 Å². The smallest absolute Gasteiger partial charge is 0.0884 e. The molecule has 10 rings (SSSR count). The Morgan fingerprint density at radius 3 is 1.45 bits per heavy atom. The van der Waals surface area contributed by atoms with Gasteiger partial charge in [0.2, 0.25) is 0 Å². The predicted molar refractivity (Wildman–Crippen MR) is 223 cm³/mol. The molecule has 2 heterocycles. The van der Waals surface area contributed by atoms with E-state index in [9.17, 15) is 0 Å². The number of hydrogen-bond donors (Lipinski definition) is 0. The Bertz CT molecular complexity index is 2920. The van der Waals surface area contributed by atoms with Crippen molar-refractivity contribution >= 4 is 32.6 Å². The molecule has 0 fully saturated rings. The van der Waals surface area contributed by atoms with Gasteiger partial charge in [0.25, 0.3) is 0 Å². The SMILES string of the molecule is c1ccc(-c2cccc(-c3c4ccccc4c(-c4cccc(-c5ccccc5)c4)c4cc(-c5ccc(-n6ccc7ncccc76)cc5)ccc34)c2)cc1. The van der Waals surface area contributed by atoms with Crippen molar-refractivity contribution in [2.24, 2.45) is 0 Å². The van der Waals surface area contributed by atoms with Crippen LogP contribution in [0.2, 0.25) is 0 Å². The third-order valence-corrected chi connectivity index (χ3v) is 10.5. The van der Waals surface area contributed by atoms with Crippen LogP contribution in [0.15, 0.2) is 207 Å². The summed E-state index contributed by atoms with van der Waals surface area (Å²) in [5, 5.41) is 4.96. The first-order valence-electron chi connectivity index (χ1n) is 18.1. The fraction of sp³-hybridized carbons (Fsp3) is 0. The highest BCUT2D eigenvalue weighted by molar-refractivity contribution is 6.22. The molecule has 2 heteroatoms. The summed E-state index contributed by atoms with van der Waals surface area (Å²) in [6, 6.07) is 70.4. The number of rotatable bonds is 6. The van der Waals surface area contributed by atoms with Crippen molar-refractivity contribution in [3.05, 3.63) is 207 Å². The van der Waals surface area contributed by atoms with Crippen molar-refractivity contribution in [3.63, 3.8) is 0 Å². The Balaban J connectivity index is 1.20. The van der Waals surface area contributed by atoms with Gasteiger partial charge >= 0.3 is 0 Å². The minimum atomic E-state index is 0.993. The molecule has 0 aliphatic carbocycles. The number of pyridine rings is 1. The number of benzene rings is 8. The molecular weight excluding hydrogens is 641 g/mol. The molecule has 0 saturated heterocycles. The first kappa shape index (κ1) is 30.8. The number of fused-ring (bicyclic) bond motifs is 3. The van der Waals surface area contributed by atoms with Gasteiger partial charge in [0, 0.05) is 18.1 Å². The number of aromatic nitrogens is 2. The zero-order valence-electron chi connectivity index (χ0n) is 29.0. The lowest BCUT2D eigenvalue weighted by atomic mass is 9.84. The van der Waals surface area contributed by atoms with Crippen LogP contribution in [0.5, 0.6) is 0 Å². The van der Waals surface area contributed by atoms with Crippen molar-refractivity contribution in [2.45, 2.75) is 0 Å². The predicted octanol–water partition coefficient (Wildman–Crippen LogP) is 13.7. The average Bonchev–Trinajstić information content (AvgIpc) is 3.68. The zero-order chi connectivity index (χ0) is 35.1. The number of hydrogen-bond acceptors (Lipinski definition) is 1. The summed E-state index contributed by atoms with van der Waals surface area (Å²) in [6.07, 6.45) is 3.94. The van der Waals surface area contributed by atoms with E-state index in [1.807, 2.05) is 12.3 Å². The van der Waals surface area contributed by atoms with Gasteiger partial charge in [0.05, 0.1) is 11.0 Å². The van der Waals surface area contributed by atoms with Crippen LogP contribution >= 0.6 is 0 Å². The van der Waals surface area contributed by atoms with Crippen molar-refractivity contribution < 1.29 is 0 Å². The molecule has 0 spiro atoms. The standard InChI is InChI=1S/C51H34N2/c1-3-12-35(13-4-1)38-16-9-18-41(32-38)50-44-20-7-8-21-45(44)51(42-19-10-17-39(33-42)36-14-5-2-6-15-36)47-34-40(25-28-46(47)50)37-23-26-43(27-24-37)53-31-29-48-49(53)22-11-30-52-48/h1-34H. The fourth-order valence-electron chi connectivity index (χ4n) is 7.96. The van der Waals surface area contributed by atoms with Gasteiger partial charge in [-0.25, -0.2) is 0 Å². The molecule has 53 heavy (non-hydrogen) atoms. The van der Waals surface area contributed by atoms with E-state index in [2.05, 4.69) is 204 Å². The zero-order valence-corrected chi connectivity index (χ0v) is 29.0. The van der Waals surface area contributed by atoms with E-state index in [0.717, 1.165) is 16.7 Å². The average molecular weight is 675 g/mol. The number of nitrogens with zero attached hydrogens (tertiary/aromatic N) is 2.